The summed E-state index contributed by atoms with van der Waals surface area (Å²) in [5.74, 6) is 1.55. The van der Waals surface area contributed by atoms with Crippen LogP contribution in [-0.2, 0) is 0 Å². The Hall–Kier alpha value is -2.43. The van der Waals surface area contributed by atoms with E-state index >= 15 is 0 Å². The van der Waals surface area contributed by atoms with Crippen LogP contribution in [0.15, 0.2) is 77.7 Å². The van der Waals surface area contributed by atoms with E-state index in [4.69, 9.17) is 11.6 Å². The molecule has 0 N–H and O–H groups in total. The summed E-state index contributed by atoms with van der Waals surface area (Å²) < 4.78 is 0. The fourth-order valence-electron chi connectivity index (χ4n) is 3.40. The van der Waals surface area contributed by atoms with E-state index in [0.717, 1.165) is 11.1 Å². The molecular weight excluding hydrogens is 362 g/mol. The molecule has 2 aromatic carbocycles. The van der Waals surface area contributed by atoms with Gasteiger partial charge in [-0.25, -0.2) is 4.98 Å². The second kappa shape index (κ2) is 6.38. The topological polar surface area (TPSA) is 38.7 Å². The zero-order valence-corrected chi connectivity index (χ0v) is 15.3. The molecule has 2 heterocycles. The largest absolute Gasteiger partial charge is 0.226 e. The van der Waals surface area contributed by atoms with Crippen LogP contribution in [0, 0.1) is 0 Å². The van der Waals surface area contributed by atoms with Gasteiger partial charge in [-0.1, -0.05) is 66.8 Å². The van der Waals surface area contributed by atoms with E-state index in [2.05, 4.69) is 57.4 Å². The Morgan fingerprint density at radius 1 is 0.846 bits per heavy atom. The molecular formula is C21H14ClN3S. The van der Waals surface area contributed by atoms with Crippen molar-refractivity contribution >= 4 is 28.9 Å². The number of thioether (sulfide) groups is 1. The molecule has 0 radical (unpaired) electrons. The molecule has 0 saturated carbocycles. The van der Waals surface area contributed by atoms with Crippen molar-refractivity contribution in [3.05, 3.63) is 89.5 Å². The maximum Gasteiger partial charge on any atom is 0.226 e. The molecule has 5 heteroatoms. The number of benzene rings is 2. The third-order valence-electron chi connectivity index (χ3n) is 4.62. The molecule has 1 aliphatic heterocycles. The maximum absolute atomic E-state index is 6.19. The molecule has 3 aromatic rings. The van der Waals surface area contributed by atoms with Gasteiger partial charge in [-0.05, 0) is 23.2 Å². The van der Waals surface area contributed by atoms with E-state index in [1.165, 1.54) is 10.5 Å². The van der Waals surface area contributed by atoms with Crippen LogP contribution in [-0.4, -0.2) is 20.2 Å². The summed E-state index contributed by atoms with van der Waals surface area (Å²) in [5, 5.41) is 0.647. The molecule has 0 fully saturated rings. The number of hydrogen-bond donors (Lipinski definition) is 0. The molecule has 2 aliphatic rings. The summed E-state index contributed by atoms with van der Waals surface area (Å²) in [6.07, 6.45) is 6.59. The van der Waals surface area contributed by atoms with Crippen molar-refractivity contribution in [3.8, 4) is 11.4 Å². The fraction of sp³-hybridized carbons (Fsp3) is 0.0952. The van der Waals surface area contributed by atoms with Crippen LogP contribution < -0.4 is 0 Å². The van der Waals surface area contributed by atoms with Gasteiger partial charge in [-0.3, -0.25) is 0 Å². The lowest BCUT2D eigenvalue weighted by molar-refractivity contribution is 0.880. The van der Waals surface area contributed by atoms with Crippen LogP contribution in [0.25, 0.3) is 17.0 Å². The van der Waals surface area contributed by atoms with Crippen molar-refractivity contribution in [3.63, 3.8) is 0 Å². The molecule has 5 rings (SSSR count). The van der Waals surface area contributed by atoms with Crippen LogP contribution >= 0.6 is 23.4 Å². The van der Waals surface area contributed by atoms with Crippen molar-refractivity contribution in [1.29, 1.82) is 0 Å². The molecule has 3 nitrogen and oxygen atoms in total. The molecule has 1 aromatic heterocycles. The first-order valence-electron chi connectivity index (χ1n) is 8.41. The van der Waals surface area contributed by atoms with E-state index in [1.807, 2.05) is 42.1 Å². The Morgan fingerprint density at radius 3 is 2.50 bits per heavy atom. The van der Waals surface area contributed by atoms with Gasteiger partial charge in [0, 0.05) is 27.2 Å². The van der Waals surface area contributed by atoms with Crippen LogP contribution in [0.3, 0.4) is 0 Å². The number of halogens is 1. The van der Waals surface area contributed by atoms with E-state index in [0.29, 0.717) is 22.8 Å². The Kier molecular flexibility index (Phi) is 3.88. The average Bonchev–Trinajstić information content (AvgIpc) is 3.06. The fourth-order valence-corrected chi connectivity index (χ4v) is 4.88. The number of rotatable bonds is 2. The molecule has 126 valence electrons. The normalized spacial score (nSPS) is 20.4. The number of allylic oxidation sites excluding steroid dienone is 3. The summed E-state index contributed by atoms with van der Waals surface area (Å²) in [6, 6.07) is 18.4. The number of fused-ring (bicyclic) bond motifs is 3. The summed E-state index contributed by atoms with van der Waals surface area (Å²) in [4.78, 5) is 14.7. The Bertz CT molecular complexity index is 1050. The van der Waals surface area contributed by atoms with E-state index in [-0.39, 0.29) is 5.28 Å². The van der Waals surface area contributed by atoms with Gasteiger partial charge in [0.15, 0.2) is 11.6 Å². The van der Waals surface area contributed by atoms with Gasteiger partial charge in [-0.2, -0.15) is 9.97 Å². The van der Waals surface area contributed by atoms with Crippen LogP contribution in [0.1, 0.15) is 17.3 Å². The predicted octanol–water partition coefficient (Wildman–Crippen LogP) is 5.40. The van der Waals surface area contributed by atoms with Gasteiger partial charge in [0.1, 0.15) is 0 Å². The maximum atomic E-state index is 6.19. The highest BCUT2D eigenvalue weighted by Crippen LogP contribution is 2.49. The predicted molar refractivity (Wildman–Crippen MR) is 106 cm³/mol. The first-order valence-corrected chi connectivity index (χ1v) is 9.67. The van der Waals surface area contributed by atoms with Gasteiger partial charge in [0.05, 0.1) is 0 Å². The lowest BCUT2D eigenvalue weighted by Gasteiger charge is -2.18. The molecule has 1 aliphatic carbocycles. The lowest BCUT2D eigenvalue weighted by Crippen LogP contribution is -2.10. The van der Waals surface area contributed by atoms with Crippen LogP contribution in [0.4, 0.5) is 0 Å². The van der Waals surface area contributed by atoms with Crippen molar-refractivity contribution in [2.45, 2.75) is 16.1 Å². The van der Waals surface area contributed by atoms with Gasteiger partial charge in [0.2, 0.25) is 5.28 Å². The molecule has 26 heavy (non-hydrogen) atoms. The highest BCUT2D eigenvalue weighted by Gasteiger charge is 2.32. The minimum atomic E-state index is 0.214. The van der Waals surface area contributed by atoms with E-state index < -0.39 is 0 Å². The second-order valence-electron chi connectivity index (χ2n) is 6.24. The first kappa shape index (κ1) is 15.8. The number of nitrogens with zero attached hydrogens (tertiary/aromatic N) is 3. The highest BCUT2D eigenvalue weighted by molar-refractivity contribution is 8.00. The lowest BCUT2D eigenvalue weighted by atomic mass is 9.89. The minimum absolute atomic E-state index is 0.214. The zero-order valence-electron chi connectivity index (χ0n) is 13.7. The Balaban J connectivity index is 1.57. The van der Waals surface area contributed by atoms with Crippen molar-refractivity contribution in [1.82, 2.24) is 15.0 Å². The van der Waals surface area contributed by atoms with Crippen LogP contribution in [0.5, 0.6) is 0 Å². The summed E-state index contributed by atoms with van der Waals surface area (Å²) in [6.45, 7) is 0. The smallest absolute Gasteiger partial charge is 0.208 e. The Morgan fingerprint density at radius 2 is 1.62 bits per heavy atom. The molecule has 0 spiro atoms. The molecule has 0 amide bonds. The monoisotopic (exact) mass is 375 g/mol. The summed E-state index contributed by atoms with van der Waals surface area (Å²) in [5.41, 5.74) is 3.29. The Labute approximate surface area is 160 Å². The van der Waals surface area contributed by atoms with E-state index in [9.17, 15) is 0 Å². The summed E-state index contributed by atoms with van der Waals surface area (Å²) >= 11 is 8.10. The molecule has 0 saturated heterocycles. The quantitative estimate of drug-likeness (QED) is 0.600. The zero-order chi connectivity index (χ0) is 17.5. The van der Waals surface area contributed by atoms with Gasteiger partial charge < -0.3 is 0 Å². The standard InChI is InChI=1S/C21H14ClN3S/c22-21-24-19(13-6-2-1-3-7-13)23-20(25-21)14-10-11-18-16(12-14)15-8-4-5-9-17(15)26-18/h1-12,16,18H. The van der Waals surface area contributed by atoms with Gasteiger partial charge in [0.25, 0.3) is 0 Å². The average molecular weight is 376 g/mol. The number of hydrogen-bond acceptors (Lipinski definition) is 4. The van der Waals surface area contributed by atoms with E-state index in [1.54, 1.807) is 0 Å². The van der Waals surface area contributed by atoms with Crippen molar-refractivity contribution in [2.75, 3.05) is 0 Å². The van der Waals surface area contributed by atoms with Gasteiger partial charge in [-0.15, -0.1) is 11.8 Å². The second-order valence-corrected chi connectivity index (χ2v) is 7.80. The van der Waals surface area contributed by atoms with Crippen molar-refractivity contribution < 1.29 is 0 Å². The van der Waals surface area contributed by atoms with Crippen LogP contribution in [0.2, 0.25) is 5.28 Å². The first-order chi connectivity index (χ1) is 12.8. The van der Waals surface area contributed by atoms with Gasteiger partial charge >= 0.3 is 0 Å². The summed E-state index contributed by atoms with van der Waals surface area (Å²) in [7, 11) is 0. The molecule has 2 unspecified atom stereocenters. The molecule has 0 bridgehead atoms. The number of aromatic nitrogens is 3. The SMILES string of the molecule is Clc1nc(C2=CC3c4ccccc4SC3C=C2)nc(-c2ccccc2)n1. The minimum Gasteiger partial charge on any atom is -0.208 e. The third-order valence-corrected chi connectivity index (χ3v) is 6.14. The van der Waals surface area contributed by atoms with Crippen molar-refractivity contribution in [2.24, 2.45) is 0 Å². The third kappa shape index (κ3) is 2.75. The highest BCUT2D eigenvalue weighted by atomic mass is 35.5. The molecule has 2 atom stereocenters.